The van der Waals surface area contributed by atoms with E-state index in [-0.39, 0.29) is 23.7 Å². The van der Waals surface area contributed by atoms with E-state index < -0.39 is 42.0 Å². The number of hydrogen-bond acceptors (Lipinski definition) is 7. The molecule has 0 aliphatic carbocycles. The molecular weight excluding hydrogens is 521 g/mol. The third-order valence-electron chi connectivity index (χ3n) is 8.45. The molecule has 3 N–H and O–H groups in total. The second kappa shape index (κ2) is 13.1. The molecule has 41 heavy (non-hydrogen) atoms. The van der Waals surface area contributed by atoms with Crippen molar-refractivity contribution in [2.75, 3.05) is 13.1 Å². The molecule has 2 fully saturated rings. The first-order chi connectivity index (χ1) is 19.5. The minimum atomic E-state index is -1.06. The first-order valence-electron chi connectivity index (χ1n) is 14.6. The van der Waals surface area contributed by atoms with Crippen molar-refractivity contribution in [3.63, 3.8) is 0 Å². The summed E-state index contributed by atoms with van der Waals surface area (Å²) in [5.74, 6) is -2.98. The Bertz CT molecular complexity index is 1200. The maximum Gasteiger partial charge on any atom is 0.481 e. The summed E-state index contributed by atoms with van der Waals surface area (Å²) in [5.41, 5.74) is 5.60. The summed E-state index contributed by atoms with van der Waals surface area (Å²) in [7, 11) is -0.698. The number of primary amides is 1. The van der Waals surface area contributed by atoms with Crippen LogP contribution in [0.2, 0.25) is 0 Å². The minimum absolute atomic E-state index is 0.0970. The summed E-state index contributed by atoms with van der Waals surface area (Å²) in [6, 6.07) is 10.1. The fraction of sp³-hybridized carbons (Fsp3) is 0.567. The molecule has 2 aliphatic heterocycles. The van der Waals surface area contributed by atoms with Gasteiger partial charge in [-0.2, -0.15) is 0 Å². The molecule has 0 saturated carbocycles. The molecule has 11 heteroatoms. The topological polar surface area (TPSA) is 137 Å². The largest absolute Gasteiger partial charge is 0.481 e. The Morgan fingerprint density at radius 2 is 1.63 bits per heavy atom. The standard InChI is InChI=1S/C30H42BN5O5/c1-29(2)30(3,4)41-31(40-29)23(15-11-14-21-12-7-5-8-13-21)35-28(39)22(20-24(37)36-18-9-6-10-19-36)25-26(27(32)38)34-17-16-33-25/h5,7-8,12-13,16-17,22-23H,6,9-11,14-15,18-20H2,1-4H3,(H2,32,38)(H,35,39)/t22-,23+/m1/s1. The highest BCUT2D eigenvalue weighted by atomic mass is 16.7. The fourth-order valence-corrected chi connectivity index (χ4v) is 5.34. The quantitative estimate of drug-likeness (QED) is 0.401. The number of aryl methyl sites for hydroxylation is 1. The number of piperidine rings is 1. The Hall–Kier alpha value is -3.31. The Morgan fingerprint density at radius 1 is 1.00 bits per heavy atom. The number of nitrogens with one attached hydrogen (secondary N) is 1. The van der Waals surface area contributed by atoms with E-state index in [1.54, 1.807) is 4.90 Å². The van der Waals surface area contributed by atoms with Crippen LogP contribution < -0.4 is 11.1 Å². The van der Waals surface area contributed by atoms with Gasteiger partial charge in [-0.15, -0.1) is 0 Å². The molecule has 1 aromatic heterocycles. The summed E-state index contributed by atoms with van der Waals surface area (Å²) in [4.78, 5) is 49.8. The monoisotopic (exact) mass is 563 g/mol. The van der Waals surface area contributed by atoms with Gasteiger partial charge in [-0.3, -0.25) is 19.4 Å². The zero-order valence-electron chi connectivity index (χ0n) is 24.6. The van der Waals surface area contributed by atoms with Gasteiger partial charge in [0.25, 0.3) is 5.91 Å². The smallest absolute Gasteiger partial charge is 0.402 e. The van der Waals surface area contributed by atoms with Crippen molar-refractivity contribution in [2.24, 2.45) is 5.73 Å². The number of likely N-dealkylation sites (tertiary alicyclic amines) is 1. The fourth-order valence-electron chi connectivity index (χ4n) is 5.34. The van der Waals surface area contributed by atoms with Gasteiger partial charge in [0.15, 0.2) is 0 Å². The average molecular weight is 564 g/mol. The van der Waals surface area contributed by atoms with Crippen LogP contribution in [0.5, 0.6) is 0 Å². The lowest BCUT2D eigenvalue weighted by Gasteiger charge is -2.32. The first kappa shape index (κ1) is 30.6. The van der Waals surface area contributed by atoms with E-state index in [1.165, 1.54) is 18.0 Å². The van der Waals surface area contributed by atoms with Gasteiger partial charge in [0.1, 0.15) is 5.69 Å². The average Bonchev–Trinajstić information content (AvgIpc) is 3.18. The molecule has 220 valence electrons. The van der Waals surface area contributed by atoms with Crippen LogP contribution in [0, 0.1) is 0 Å². The van der Waals surface area contributed by atoms with Crippen LogP contribution in [0.4, 0.5) is 0 Å². The molecule has 0 bridgehead atoms. The van der Waals surface area contributed by atoms with E-state index in [2.05, 4.69) is 27.4 Å². The molecule has 10 nitrogen and oxygen atoms in total. The SMILES string of the molecule is CC1(C)OB([C@H](CCCc2ccccc2)NC(=O)[C@H](CC(=O)N2CCCCC2)c2nccnc2C(N)=O)OC1(C)C. The molecule has 3 heterocycles. The van der Waals surface area contributed by atoms with E-state index in [1.807, 2.05) is 45.9 Å². The molecule has 0 unspecified atom stereocenters. The zero-order valence-corrected chi connectivity index (χ0v) is 24.6. The van der Waals surface area contributed by atoms with E-state index >= 15 is 0 Å². The lowest BCUT2D eigenvalue weighted by Crippen LogP contribution is -2.50. The van der Waals surface area contributed by atoms with E-state index in [0.717, 1.165) is 32.1 Å². The summed E-state index contributed by atoms with van der Waals surface area (Å²) in [6.45, 7) is 9.16. The molecule has 2 aliphatic rings. The number of rotatable bonds is 11. The van der Waals surface area contributed by atoms with Crippen molar-refractivity contribution < 1.29 is 23.7 Å². The van der Waals surface area contributed by atoms with Crippen LogP contribution >= 0.6 is 0 Å². The van der Waals surface area contributed by atoms with Gasteiger partial charge in [-0.1, -0.05) is 30.3 Å². The maximum atomic E-state index is 14.0. The van der Waals surface area contributed by atoms with Crippen LogP contribution in [0.15, 0.2) is 42.7 Å². The zero-order chi connectivity index (χ0) is 29.6. The molecule has 2 aromatic rings. The molecule has 3 amide bonds. The van der Waals surface area contributed by atoms with E-state index in [0.29, 0.717) is 19.5 Å². The van der Waals surface area contributed by atoms with Crippen LogP contribution in [0.25, 0.3) is 0 Å². The van der Waals surface area contributed by atoms with Crippen LogP contribution in [-0.2, 0) is 25.3 Å². The predicted octanol–water partition coefficient (Wildman–Crippen LogP) is 3.20. The van der Waals surface area contributed by atoms with Crippen molar-refractivity contribution in [3.05, 3.63) is 59.7 Å². The van der Waals surface area contributed by atoms with Crippen molar-refractivity contribution in [1.82, 2.24) is 20.2 Å². The highest BCUT2D eigenvalue weighted by Crippen LogP contribution is 2.38. The Morgan fingerprint density at radius 3 is 2.27 bits per heavy atom. The van der Waals surface area contributed by atoms with Crippen molar-refractivity contribution in [2.45, 2.75) is 95.7 Å². The lowest BCUT2D eigenvalue weighted by molar-refractivity contribution is -0.135. The van der Waals surface area contributed by atoms with Crippen LogP contribution in [0.3, 0.4) is 0 Å². The highest BCUT2D eigenvalue weighted by Gasteiger charge is 2.54. The van der Waals surface area contributed by atoms with Gasteiger partial charge < -0.3 is 25.3 Å². The van der Waals surface area contributed by atoms with Gasteiger partial charge in [0, 0.05) is 31.9 Å². The Kier molecular flexibility index (Phi) is 9.81. The van der Waals surface area contributed by atoms with Gasteiger partial charge in [0.2, 0.25) is 11.8 Å². The maximum absolute atomic E-state index is 14.0. The Balaban J connectivity index is 1.59. The van der Waals surface area contributed by atoms with E-state index in [9.17, 15) is 14.4 Å². The summed E-state index contributed by atoms with van der Waals surface area (Å²) < 4.78 is 12.7. The number of benzene rings is 1. The Labute approximate surface area is 242 Å². The summed E-state index contributed by atoms with van der Waals surface area (Å²) >= 11 is 0. The van der Waals surface area contributed by atoms with Crippen molar-refractivity contribution >= 4 is 24.8 Å². The van der Waals surface area contributed by atoms with Gasteiger partial charge in [-0.05, 0) is 71.8 Å². The second-order valence-corrected chi connectivity index (χ2v) is 12.0. The normalized spacial score (nSPS) is 19.4. The molecule has 2 saturated heterocycles. The number of nitrogens with zero attached hydrogens (tertiary/aromatic N) is 3. The molecule has 1 aromatic carbocycles. The third-order valence-corrected chi connectivity index (χ3v) is 8.45. The third kappa shape index (κ3) is 7.51. The number of nitrogens with two attached hydrogens (primary N) is 1. The predicted molar refractivity (Wildman–Crippen MR) is 156 cm³/mol. The van der Waals surface area contributed by atoms with Crippen LogP contribution in [-0.4, -0.2) is 69.9 Å². The second-order valence-electron chi connectivity index (χ2n) is 12.0. The van der Waals surface area contributed by atoms with Gasteiger partial charge >= 0.3 is 7.12 Å². The van der Waals surface area contributed by atoms with Crippen molar-refractivity contribution in [1.29, 1.82) is 0 Å². The molecular formula is C30H42BN5O5. The van der Waals surface area contributed by atoms with Crippen molar-refractivity contribution in [3.8, 4) is 0 Å². The number of aromatic nitrogens is 2. The van der Waals surface area contributed by atoms with E-state index in [4.69, 9.17) is 15.0 Å². The lowest BCUT2D eigenvalue weighted by atomic mass is 9.74. The number of amides is 3. The molecule has 4 rings (SSSR count). The number of carbonyl (C=O) groups is 3. The molecule has 0 spiro atoms. The van der Waals surface area contributed by atoms with Gasteiger partial charge in [-0.25, -0.2) is 4.98 Å². The van der Waals surface area contributed by atoms with Crippen LogP contribution in [0.1, 0.15) is 93.9 Å². The molecule has 0 radical (unpaired) electrons. The summed E-state index contributed by atoms with van der Waals surface area (Å²) in [5, 5.41) is 3.11. The number of carbonyl (C=O) groups excluding carboxylic acids is 3. The first-order valence-corrected chi connectivity index (χ1v) is 14.6. The van der Waals surface area contributed by atoms with Gasteiger partial charge in [0.05, 0.1) is 28.8 Å². The summed E-state index contributed by atoms with van der Waals surface area (Å²) in [6.07, 6.45) is 7.69. The highest BCUT2D eigenvalue weighted by molar-refractivity contribution is 6.48. The number of hydrogen-bond donors (Lipinski definition) is 2. The minimum Gasteiger partial charge on any atom is -0.402 e. The molecule has 2 atom stereocenters.